The van der Waals surface area contributed by atoms with Crippen LogP contribution in [0.5, 0.6) is 0 Å². The van der Waals surface area contributed by atoms with Gasteiger partial charge in [0.05, 0.1) is 24.4 Å². The maximum Gasteiger partial charge on any atom is 0.311 e. The third kappa shape index (κ3) is 3.63. The summed E-state index contributed by atoms with van der Waals surface area (Å²) in [5.74, 6) is -1.48. The molecule has 0 aromatic heterocycles. The van der Waals surface area contributed by atoms with E-state index in [0.717, 1.165) is 0 Å². The summed E-state index contributed by atoms with van der Waals surface area (Å²) in [6, 6.07) is 6.98. The molecule has 0 bridgehead atoms. The highest BCUT2D eigenvalue weighted by atomic mass is 16.5. The zero-order valence-electron chi connectivity index (χ0n) is 12.2. The van der Waals surface area contributed by atoms with Gasteiger partial charge in [-0.15, -0.1) is 0 Å². The molecule has 116 valence electrons. The fraction of sp³-hybridized carbons (Fsp3) is 0.267. The van der Waals surface area contributed by atoms with Gasteiger partial charge >= 0.3 is 5.97 Å². The summed E-state index contributed by atoms with van der Waals surface area (Å²) in [5, 5.41) is 3.03. The van der Waals surface area contributed by atoms with Gasteiger partial charge in [-0.25, -0.2) is 0 Å². The number of carbonyl (C=O) groups excluding carboxylic acids is 3. The van der Waals surface area contributed by atoms with Crippen LogP contribution in [0, 0.1) is 0 Å². The molecule has 0 fully saturated rings. The second-order valence-electron chi connectivity index (χ2n) is 4.68. The Balaban J connectivity index is 2.33. The first-order chi connectivity index (χ1) is 10.5. The number of carbonyl (C=O) groups is 3. The lowest BCUT2D eigenvalue weighted by Gasteiger charge is -2.20. The molecule has 0 atom stereocenters. The van der Waals surface area contributed by atoms with Gasteiger partial charge in [0.2, 0.25) is 5.91 Å². The van der Waals surface area contributed by atoms with Crippen LogP contribution in [0.4, 0.5) is 11.4 Å². The summed E-state index contributed by atoms with van der Waals surface area (Å²) in [4.78, 5) is 36.4. The molecule has 1 aliphatic heterocycles. The zero-order chi connectivity index (χ0) is 16.1. The van der Waals surface area contributed by atoms with E-state index in [1.165, 1.54) is 11.0 Å². The molecular formula is C15H17N3O4. The minimum Gasteiger partial charge on any atom is -0.466 e. The predicted molar refractivity (Wildman–Crippen MR) is 80.9 cm³/mol. The lowest BCUT2D eigenvalue weighted by Crippen LogP contribution is -2.37. The number of hydrogen-bond acceptors (Lipinski definition) is 5. The lowest BCUT2D eigenvalue weighted by atomic mass is 10.2. The quantitative estimate of drug-likeness (QED) is 0.782. The van der Waals surface area contributed by atoms with Crippen LogP contribution in [0.1, 0.15) is 13.3 Å². The molecule has 0 saturated heterocycles. The first-order valence-corrected chi connectivity index (χ1v) is 6.83. The monoisotopic (exact) mass is 303 g/mol. The molecule has 0 saturated carbocycles. The van der Waals surface area contributed by atoms with Crippen molar-refractivity contribution in [1.29, 1.82) is 0 Å². The van der Waals surface area contributed by atoms with Crippen molar-refractivity contribution in [3.8, 4) is 0 Å². The van der Waals surface area contributed by atoms with E-state index >= 15 is 0 Å². The molecule has 2 amide bonds. The van der Waals surface area contributed by atoms with Crippen molar-refractivity contribution in [3.63, 3.8) is 0 Å². The number of ether oxygens (including phenoxy) is 1. The average Bonchev–Trinajstić information content (AvgIpc) is 2.56. The molecule has 7 nitrogen and oxygen atoms in total. The number of nitrogens with two attached hydrogens (primary N) is 1. The number of primary amides is 1. The van der Waals surface area contributed by atoms with Gasteiger partial charge in [-0.3, -0.25) is 19.3 Å². The number of hydrogen-bond donors (Lipinski definition) is 2. The Hall–Kier alpha value is -2.83. The summed E-state index contributed by atoms with van der Waals surface area (Å²) < 4.78 is 4.88. The molecule has 1 aliphatic rings. The van der Waals surface area contributed by atoms with E-state index in [1.54, 1.807) is 31.2 Å². The van der Waals surface area contributed by atoms with E-state index in [9.17, 15) is 14.4 Å². The van der Waals surface area contributed by atoms with Crippen molar-refractivity contribution < 1.29 is 19.1 Å². The van der Waals surface area contributed by atoms with Crippen LogP contribution in [0.2, 0.25) is 0 Å². The number of nitrogens with zero attached hydrogens (tertiary/aromatic N) is 1. The Labute approximate surface area is 127 Å². The predicted octanol–water partition coefficient (Wildman–Crippen LogP) is 0.768. The summed E-state index contributed by atoms with van der Waals surface area (Å²) in [5.41, 5.74) is 6.75. The zero-order valence-corrected chi connectivity index (χ0v) is 12.2. The maximum atomic E-state index is 12.3. The Bertz CT molecular complexity index is 639. The van der Waals surface area contributed by atoms with Gasteiger partial charge < -0.3 is 15.8 Å². The SMILES string of the molecule is CCOC(=O)CC1=CC(=O)N(CC(N)=O)c2ccccc2N1. The third-order valence-electron chi connectivity index (χ3n) is 3.01. The Kier molecular flexibility index (Phi) is 4.77. The molecule has 22 heavy (non-hydrogen) atoms. The maximum absolute atomic E-state index is 12.3. The van der Waals surface area contributed by atoms with E-state index in [1.807, 2.05) is 0 Å². The largest absolute Gasteiger partial charge is 0.466 e. The van der Waals surface area contributed by atoms with E-state index in [4.69, 9.17) is 10.5 Å². The highest BCUT2D eigenvalue weighted by Gasteiger charge is 2.24. The number of amides is 2. The molecule has 0 radical (unpaired) electrons. The van der Waals surface area contributed by atoms with Gasteiger partial charge in [-0.05, 0) is 19.1 Å². The van der Waals surface area contributed by atoms with Crippen molar-refractivity contribution >= 4 is 29.2 Å². The molecule has 0 spiro atoms. The van der Waals surface area contributed by atoms with Crippen LogP contribution >= 0.6 is 0 Å². The number of fused-ring (bicyclic) bond motifs is 1. The third-order valence-corrected chi connectivity index (χ3v) is 3.01. The van der Waals surface area contributed by atoms with Crippen molar-refractivity contribution in [3.05, 3.63) is 36.0 Å². The summed E-state index contributed by atoms with van der Waals surface area (Å²) in [6.07, 6.45) is 1.22. The normalized spacial score (nSPS) is 13.6. The highest BCUT2D eigenvalue weighted by molar-refractivity contribution is 6.08. The van der Waals surface area contributed by atoms with Crippen molar-refractivity contribution in [2.45, 2.75) is 13.3 Å². The molecule has 3 N–H and O–H groups in total. The number of nitrogens with one attached hydrogen (secondary N) is 1. The van der Waals surface area contributed by atoms with Crippen molar-refractivity contribution in [2.75, 3.05) is 23.4 Å². The molecular weight excluding hydrogens is 286 g/mol. The molecule has 2 rings (SSSR count). The minimum atomic E-state index is -0.620. The number of esters is 1. The van der Waals surface area contributed by atoms with E-state index in [2.05, 4.69) is 5.32 Å². The van der Waals surface area contributed by atoms with Crippen molar-refractivity contribution in [1.82, 2.24) is 0 Å². The fourth-order valence-corrected chi connectivity index (χ4v) is 2.15. The highest BCUT2D eigenvalue weighted by Crippen LogP contribution is 2.30. The fourth-order valence-electron chi connectivity index (χ4n) is 2.15. The van der Waals surface area contributed by atoms with E-state index in [-0.39, 0.29) is 19.6 Å². The Morgan fingerprint density at radius 3 is 2.73 bits per heavy atom. The summed E-state index contributed by atoms with van der Waals surface area (Å²) in [6.45, 7) is 1.74. The van der Waals surface area contributed by atoms with Crippen LogP contribution in [0.3, 0.4) is 0 Å². The van der Waals surface area contributed by atoms with E-state index < -0.39 is 17.8 Å². The molecule has 7 heteroatoms. The van der Waals surface area contributed by atoms with E-state index in [0.29, 0.717) is 17.1 Å². The summed E-state index contributed by atoms with van der Waals surface area (Å²) in [7, 11) is 0. The number of rotatable bonds is 5. The van der Waals surface area contributed by atoms with Crippen molar-refractivity contribution in [2.24, 2.45) is 5.73 Å². The molecule has 1 aromatic rings. The average molecular weight is 303 g/mol. The number of benzene rings is 1. The van der Waals surface area contributed by atoms with Gasteiger partial charge in [0.15, 0.2) is 0 Å². The number of anilines is 2. The molecule has 1 aromatic carbocycles. The van der Waals surface area contributed by atoms with Crippen LogP contribution in [0.15, 0.2) is 36.0 Å². The minimum absolute atomic E-state index is 0.0572. The van der Waals surface area contributed by atoms with Gasteiger partial charge in [-0.2, -0.15) is 0 Å². The molecule has 0 aliphatic carbocycles. The Morgan fingerprint density at radius 1 is 1.32 bits per heavy atom. The topological polar surface area (TPSA) is 102 Å². The first kappa shape index (κ1) is 15.6. The lowest BCUT2D eigenvalue weighted by molar-refractivity contribution is -0.142. The molecule has 1 heterocycles. The van der Waals surface area contributed by atoms with Gasteiger partial charge in [0.25, 0.3) is 5.91 Å². The van der Waals surface area contributed by atoms with Crippen LogP contribution in [-0.4, -0.2) is 30.9 Å². The standard InChI is InChI=1S/C15H17N3O4/c1-2-22-15(21)8-10-7-14(20)18(9-13(16)19)12-6-4-3-5-11(12)17-10/h3-7,17H,2,8-9H2,1H3,(H2,16,19). The first-order valence-electron chi connectivity index (χ1n) is 6.83. The van der Waals surface area contributed by atoms with Gasteiger partial charge in [-0.1, -0.05) is 12.1 Å². The second-order valence-corrected chi connectivity index (χ2v) is 4.68. The van der Waals surface area contributed by atoms with Crippen LogP contribution in [0.25, 0.3) is 0 Å². The summed E-state index contributed by atoms with van der Waals surface area (Å²) >= 11 is 0. The van der Waals surface area contributed by atoms with Gasteiger partial charge in [0.1, 0.15) is 6.54 Å². The second kappa shape index (κ2) is 6.75. The van der Waals surface area contributed by atoms with Crippen LogP contribution in [-0.2, 0) is 19.1 Å². The van der Waals surface area contributed by atoms with Crippen LogP contribution < -0.4 is 16.0 Å². The smallest absolute Gasteiger partial charge is 0.311 e. The Morgan fingerprint density at radius 2 is 2.05 bits per heavy atom. The van der Waals surface area contributed by atoms with Gasteiger partial charge in [0, 0.05) is 11.8 Å². The molecule has 0 unspecified atom stereocenters. The number of para-hydroxylation sites is 2.